The lowest BCUT2D eigenvalue weighted by Gasteiger charge is -2.33. The van der Waals surface area contributed by atoms with E-state index >= 15 is 0 Å². The van der Waals surface area contributed by atoms with Crippen LogP contribution >= 0.6 is 0 Å². The summed E-state index contributed by atoms with van der Waals surface area (Å²) in [5, 5.41) is 0. The molecule has 0 aliphatic heterocycles. The summed E-state index contributed by atoms with van der Waals surface area (Å²) >= 11 is 0. The molecule has 4 nitrogen and oxygen atoms in total. The van der Waals surface area contributed by atoms with Crippen LogP contribution in [-0.4, -0.2) is 31.1 Å². The number of allylic oxidation sites excluding steroid dienone is 3. The zero-order chi connectivity index (χ0) is 13.8. The summed E-state index contributed by atoms with van der Waals surface area (Å²) < 4.78 is 24.2. The number of carbonyl (C=O) groups excluding carboxylic acids is 1. The third kappa shape index (κ3) is 3.05. The van der Waals surface area contributed by atoms with Crippen LogP contribution in [0.25, 0.3) is 0 Å². The van der Waals surface area contributed by atoms with Crippen molar-refractivity contribution >= 4 is 5.97 Å². The van der Waals surface area contributed by atoms with E-state index in [1.807, 2.05) is 0 Å². The van der Waals surface area contributed by atoms with E-state index in [4.69, 9.17) is 15.2 Å². The van der Waals surface area contributed by atoms with Gasteiger partial charge in [-0.1, -0.05) is 18.2 Å². The van der Waals surface area contributed by atoms with Gasteiger partial charge in [0.1, 0.15) is 6.10 Å². The van der Waals surface area contributed by atoms with Crippen LogP contribution in [0.4, 0.5) is 4.39 Å². The highest BCUT2D eigenvalue weighted by Gasteiger charge is 2.39. The number of esters is 1. The quantitative estimate of drug-likeness (QED) is 0.471. The molecule has 100 valence electrons. The van der Waals surface area contributed by atoms with Gasteiger partial charge in [-0.3, -0.25) is 5.73 Å². The highest BCUT2D eigenvalue weighted by atomic mass is 19.1. The smallest absolute Gasteiger partial charge is 0.331 e. The highest BCUT2D eigenvalue weighted by Crippen LogP contribution is 2.28. The topological polar surface area (TPSA) is 61.5 Å². The number of halogens is 1. The van der Waals surface area contributed by atoms with Crippen molar-refractivity contribution in [2.24, 2.45) is 5.73 Å². The largest absolute Gasteiger partial charge is 0.455 e. The molecule has 18 heavy (non-hydrogen) atoms. The zero-order valence-electron chi connectivity index (χ0n) is 10.7. The van der Waals surface area contributed by atoms with Crippen molar-refractivity contribution in [1.29, 1.82) is 0 Å². The first-order chi connectivity index (χ1) is 8.44. The molecule has 0 radical (unpaired) electrons. The predicted molar refractivity (Wildman–Crippen MR) is 66.4 cm³/mol. The van der Waals surface area contributed by atoms with Crippen molar-refractivity contribution in [3.8, 4) is 0 Å². The normalized spacial score (nSPS) is 29.2. The average Bonchev–Trinajstić information content (AvgIpc) is 2.32. The Labute approximate surface area is 106 Å². The van der Waals surface area contributed by atoms with Crippen LogP contribution in [0.3, 0.4) is 0 Å². The van der Waals surface area contributed by atoms with Crippen LogP contribution in [0.1, 0.15) is 13.8 Å². The maximum Gasteiger partial charge on any atom is 0.331 e. The van der Waals surface area contributed by atoms with Gasteiger partial charge in [-0.25, -0.2) is 9.18 Å². The van der Waals surface area contributed by atoms with E-state index in [9.17, 15) is 9.18 Å². The molecule has 0 amide bonds. The van der Waals surface area contributed by atoms with Crippen molar-refractivity contribution in [2.45, 2.75) is 31.8 Å². The average molecular weight is 255 g/mol. The molecule has 1 rings (SSSR count). The Balaban J connectivity index is 2.80. The summed E-state index contributed by atoms with van der Waals surface area (Å²) in [7, 11) is 1.33. The van der Waals surface area contributed by atoms with E-state index in [-0.39, 0.29) is 5.57 Å². The Morgan fingerprint density at radius 3 is 2.89 bits per heavy atom. The maximum atomic E-state index is 14.2. The van der Waals surface area contributed by atoms with E-state index in [2.05, 4.69) is 0 Å². The minimum atomic E-state index is -1.55. The summed E-state index contributed by atoms with van der Waals surface area (Å²) in [6.07, 6.45) is 5.14. The first kappa shape index (κ1) is 14.6. The molecule has 1 aliphatic rings. The molecule has 0 saturated carbocycles. The van der Waals surface area contributed by atoms with Crippen LogP contribution in [0.15, 0.2) is 36.0 Å². The van der Waals surface area contributed by atoms with Crippen LogP contribution < -0.4 is 5.73 Å². The van der Waals surface area contributed by atoms with Crippen molar-refractivity contribution in [3.63, 3.8) is 0 Å². The van der Waals surface area contributed by atoms with Crippen LogP contribution in [-0.2, 0) is 14.3 Å². The van der Waals surface area contributed by atoms with Gasteiger partial charge in [-0.05, 0) is 19.9 Å². The molecule has 0 aromatic heterocycles. The maximum absolute atomic E-state index is 14.2. The molecule has 3 unspecified atom stereocenters. The molecule has 0 aromatic rings. The van der Waals surface area contributed by atoms with Crippen molar-refractivity contribution in [1.82, 2.24) is 0 Å². The van der Waals surface area contributed by atoms with E-state index in [1.54, 1.807) is 32.1 Å². The fourth-order valence-corrected chi connectivity index (χ4v) is 1.67. The number of alkyl halides is 1. The van der Waals surface area contributed by atoms with Crippen LogP contribution in [0.5, 0.6) is 0 Å². The molecule has 0 heterocycles. The lowest BCUT2D eigenvalue weighted by atomic mass is 9.92. The molecular formula is C13H18FNO3. The second-order valence-electron chi connectivity index (χ2n) is 4.03. The summed E-state index contributed by atoms with van der Waals surface area (Å²) in [4.78, 5) is 11.3. The van der Waals surface area contributed by atoms with Crippen LogP contribution in [0.2, 0.25) is 0 Å². The number of rotatable bonds is 4. The summed E-state index contributed by atoms with van der Waals surface area (Å²) in [5.74, 6) is -0.521. The first-order valence-corrected chi connectivity index (χ1v) is 5.65. The van der Waals surface area contributed by atoms with Gasteiger partial charge in [0.15, 0.2) is 11.9 Å². The minimum absolute atomic E-state index is 0.278. The van der Waals surface area contributed by atoms with Gasteiger partial charge in [0.05, 0.1) is 0 Å². The number of ether oxygens (including phenoxy) is 2. The number of nitrogens with two attached hydrogens (primary N) is 1. The van der Waals surface area contributed by atoms with E-state index in [0.29, 0.717) is 0 Å². The Kier molecular flexibility index (Phi) is 4.81. The number of hydrogen-bond donors (Lipinski definition) is 1. The molecule has 0 bridgehead atoms. The molecule has 5 heteroatoms. The van der Waals surface area contributed by atoms with Gasteiger partial charge in [-0.15, -0.1) is 0 Å². The summed E-state index contributed by atoms with van der Waals surface area (Å²) in [6, 6.07) is 0. The summed E-state index contributed by atoms with van der Waals surface area (Å²) in [6.45, 7) is 3.29. The predicted octanol–water partition coefficient (Wildman–Crippen LogP) is 1.63. The van der Waals surface area contributed by atoms with E-state index in [0.717, 1.165) is 0 Å². The Bertz CT molecular complexity index is 403. The van der Waals surface area contributed by atoms with Gasteiger partial charge in [0.2, 0.25) is 0 Å². The Hall–Kier alpha value is -1.46. The van der Waals surface area contributed by atoms with Crippen LogP contribution in [0, 0.1) is 0 Å². The second-order valence-corrected chi connectivity index (χ2v) is 4.03. The second kappa shape index (κ2) is 5.93. The molecule has 1 aliphatic carbocycles. The monoisotopic (exact) mass is 255 g/mol. The Morgan fingerprint density at radius 1 is 1.67 bits per heavy atom. The fraction of sp³-hybridized carbons (Fsp3) is 0.462. The summed E-state index contributed by atoms with van der Waals surface area (Å²) in [5.41, 5.74) is 4.51. The zero-order valence-corrected chi connectivity index (χ0v) is 10.7. The molecule has 0 fully saturated rings. The first-order valence-electron chi connectivity index (χ1n) is 5.65. The number of carbonyl (C=O) groups is 1. The minimum Gasteiger partial charge on any atom is -0.455 e. The molecule has 3 atom stereocenters. The highest BCUT2D eigenvalue weighted by molar-refractivity contribution is 5.82. The standard InChI is InChI=1S/C13H18FNO3/c1-4-6-11(16)18-9(2)10-7-5-8-13(15,17-3)12(10)14/h4-9,12H,15H2,1-3H3/b6-4-. The lowest BCUT2D eigenvalue weighted by Crippen LogP contribution is -2.52. The van der Waals surface area contributed by atoms with Gasteiger partial charge in [0.25, 0.3) is 0 Å². The van der Waals surface area contributed by atoms with Gasteiger partial charge < -0.3 is 9.47 Å². The molecule has 0 spiro atoms. The third-order valence-corrected chi connectivity index (χ3v) is 2.75. The molecule has 0 aromatic carbocycles. The number of hydrogen-bond acceptors (Lipinski definition) is 4. The SMILES string of the molecule is C/C=C\C(=O)OC(C)C1=CC=CC(N)(OC)C1F. The van der Waals surface area contributed by atoms with E-state index < -0.39 is 24.0 Å². The Morgan fingerprint density at radius 2 is 2.33 bits per heavy atom. The molecular weight excluding hydrogens is 237 g/mol. The fourth-order valence-electron chi connectivity index (χ4n) is 1.67. The van der Waals surface area contributed by atoms with Gasteiger partial charge >= 0.3 is 5.97 Å². The van der Waals surface area contributed by atoms with Gasteiger partial charge in [-0.2, -0.15) is 0 Å². The molecule has 2 N–H and O–H groups in total. The number of methoxy groups -OCH3 is 1. The third-order valence-electron chi connectivity index (χ3n) is 2.75. The molecule has 0 saturated heterocycles. The van der Waals surface area contributed by atoms with Gasteiger partial charge in [0, 0.05) is 18.8 Å². The van der Waals surface area contributed by atoms with Crippen molar-refractivity contribution < 1.29 is 18.7 Å². The van der Waals surface area contributed by atoms with Crippen molar-refractivity contribution in [3.05, 3.63) is 36.0 Å². The van der Waals surface area contributed by atoms with E-state index in [1.165, 1.54) is 19.3 Å². The lowest BCUT2D eigenvalue weighted by molar-refractivity contribution is -0.141. The van der Waals surface area contributed by atoms with Crippen molar-refractivity contribution in [2.75, 3.05) is 7.11 Å².